The van der Waals surface area contributed by atoms with Crippen molar-refractivity contribution in [2.75, 3.05) is 20.8 Å². The smallest absolute Gasteiger partial charge is 0.449 e. The molecule has 0 amide bonds. The molecule has 0 saturated carbocycles. The van der Waals surface area contributed by atoms with E-state index in [1.807, 2.05) is 0 Å². The lowest BCUT2D eigenvalue weighted by molar-refractivity contribution is -0.146. The first kappa shape index (κ1) is 15.4. The molecular formula is C13H16F3N3O2. The Morgan fingerprint density at radius 3 is 2.33 bits per heavy atom. The Labute approximate surface area is 119 Å². The summed E-state index contributed by atoms with van der Waals surface area (Å²) in [5, 5.41) is 0. The molecule has 0 saturated heterocycles. The zero-order valence-electron chi connectivity index (χ0n) is 11.7. The maximum Gasteiger partial charge on any atom is 0.449 e. The topological polar surface area (TPSA) is 62.3 Å². The van der Waals surface area contributed by atoms with Crippen LogP contribution in [-0.2, 0) is 12.7 Å². The standard InChI is InChI=1S/C13H16F3N3O2/c1-20-10-6-8-9(7-11(10)21-2)19(5-3-4-17)12(18-8)13(14,15)16/h6-7H,3-5,17H2,1-2H3. The molecule has 1 heterocycles. The summed E-state index contributed by atoms with van der Waals surface area (Å²) in [6.45, 7) is 0.432. The quantitative estimate of drug-likeness (QED) is 0.921. The van der Waals surface area contributed by atoms with Crippen LogP contribution in [0.4, 0.5) is 13.2 Å². The lowest BCUT2D eigenvalue weighted by Crippen LogP contribution is -2.16. The van der Waals surface area contributed by atoms with Gasteiger partial charge in [0.05, 0.1) is 25.3 Å². The van der Waals surface area contributed by atoms with E-state index in [9.17, 15) is 13.2 Å². The summed E-state index contributed by atoms with van der Waals surface area (Å²) in [5.41, 5.74) is 5.94. The predicted octanol–water partition coefficient (Wildman–Crippen LogP) is 2.42. The number of fused-ring (bicyclic) bond motifs is 1. The molecule has 8 heteroatoms. The first-order valence-corrected chi connectivity index (χ1v) is 6.32. The Morgan fingerprint density at radius 1 is 1.19 bits per heavy atom. The highest BCUT2D eigenvalue weighted by Crippen LogP contribution is 2.36. The van der Waals surface area contributed by atoms with Crippen molar-refractivity contribution in [1.82, 2.24) is 9.55 Å². The van der Waals surface area contributed by atoms with Gasteiger partial charge >= 0.3 is 6.18 Å². The summed E-state index contributed by atoms with van der Waals surface area (Å²) in [6, 6.07) is 2.93. The van der Waals surface area contributed by atoms with Crippen LogP contribution in [0.2, 0.25) is 0 Å². The van der Waals surface area contributed by atoms with Gasteiger partial charge in [-0.15, -0.1) is 0 Å². The minimum atomic E-state index is -4.53. The van der Waals surface area contributed by atoms with Gasteiger partial charge in [0, 0.05) is 18.7 Å². The van der Waals surface area contributed by atoms with Crippen molar-refractivity contribution in [3.05, 3.63) is 18.0 Å². The molecule has 0 bridgehead atoms. The molecule has 2 N–H and O–H groups in total. The molecule has 116 valence electrons. The van der Waals surface area contributed by atoms with Gasteiger partial charge in [0.15, 0.2) is 11.5 Å². The van der Waals surface area contributed by atoms with Gasteiger partial charge in [-0.2, -0.15) is 13.2 Å². The molecule has 0 radical (unpaired) electrons. The van der Waals surface area contributed by atoms with Gasteiger partial charge in [-0.1, -0.05) is 0 Å². The number of benzene rings is 1. The molecule has 0 aliphatic carbocycles. The van der Waals surface area contributed by atoms with Crippen molar-refractivity contribution in [2.45, 2.75) is 19.1 Å². The second kappa shape index (κ2) is 5.80. The van der Waals surface area contributed by atoms with Gasteiger partial charge in [-0.05, 0) is 13.0 Å². The van der Waals surface area contributed by atoms with Gasteiger partial charge in [0.1, 0.15) is 0 Å². The normalized spacial score (nSPS) is 11.9. The van der Waals surface area contributed by atoms with Gasteiger partial charge in [0.25, 0.3) is 0 Å². The third-order valence-corrected chi connectivity index (χ3v) is 3.09. The Hall–Kier alpha value is -1.96. The maximum absolute atomic E-state index is 13.1. The van der Waals surface area contributed by atoms with Gasteiger partial charge in [-0.25, -0.2) is 4.98 Å². The number of imidazole rings is 1. The minimum absolute atomic E-state index is 0.136. The second-order valence-electron chi connectivity index (χ2n) is 4.42. The van der Waals surface area contributed by atoms with Crippen molar-refractivity contribution < 1.29 is 22.6 Å². The maximum atomic E-state index is 13.1. The number of nitrogens with two attached hydrogens (primary N) is 1. The zero-order valence-corrected chi connectivity index (χ0v) is 11.7. The summed E-state index contributed by atoms with van der Waals surface area (Å²) in [6.07, 6.45) is -4.11. The van der Waals surface area contributed by atoms with Crippen LogP contribution < -0.4 is 15.2 Å². The Kier molecular flexibility index (Phi) is 4.26. The van der Waals surface area contributed by atoms with Crippen LogP contribution in [0.1, 0.15) is 12.2 Å². The van der Waals surface area contributed by atoms with Crippen molar-refractivity contribution >= 4 is 11.0 Å². The number of rotatable bonds is 5. The molecular weight excluding hydrogens is 287 g/mol. The fourth-order valence-corrected chi connectivity index (χ4v) is 2.14. The number of nitrogens with zero attached hydrogens (tertiary/aromatic N) is 2. The van der Waals surface area contributed by atoms with Gasteiger partial charge in [-0.3, -0.25) is 0 Å². The summed E-state index contributed by atoms with van der Waals surface area (Å²) < 4.78 is 50.6. The van der Waals surface area contributed by atoms with E-state index in [1.54, 1.807) is 0 Å². The first-order chi connectivity index (χ1) is 9.92. The highest BCUT2D eigenvalue weighted by atomic mass is 19.4. The molecule has 2 aromatic rings. The molecule has 21 heavy (non-hydrogen) atoms. The van der Waals surface area contributed by atoms with Crippen LogP contribution in [0, 0.1) is 0 Å². The number of hydrogen-bond donors (Lipinski definition) is 1. The van der Waals surface area contributed by atoms with E-state index < -0.39 is 12.0 Å². The summed E-state index contributed by atoms with van der Waals surface area (Å²) in [7, 11) is 2.84. The van der Waals surface area contributed by atoms with Gasteiger partial charge in [0.2, 0.25) is 5.82 Å². The number of aromatic nitrogens is 2. The lowest BCUT2D eigenvalue weighted by atomic mass is 10.2. The van der Waals surface area contributed by atoms with E-state index >= 15 is 0 Å². The highest BCUT2D eigenvalue weighted by Gasteiger charge is 2.37. The van der Waals surface area contributed by atoms with Crippen LogP contribution >= 0.6 is 0 Å². The molecule has 0 aliphatic heterocycles. The molecule has 0 aliphatic rings. The van der Waals surface area contributed by atoms with Crippen LogP contribution in [0.25, 0.3) is 11.0 Å². The second-order valence-corrected chi connectivity index (χ2v) is 4.42. The monoisotopic (exact) mass is 303 g/mol. The molecule has 0 atom stereocenters. The van der Waals surface area contributed by atoms with Crippen molar-refractivity contribution in [2.24, 2.45) is 5.73 Å². The SMILES string of the molecule is COc1cc2nc(C(F)(F)F)n(CCCN)c2cc1OC. The molecule has 2 rings (SSSR count). The van der Waals surface area contributed by atoms with E-state index in [-0.39, 0.29) is 12.1 Å². The number of methoxy groups -OCH3 is 2. The Bertz CT molecular complexity index is 638. The summed E-state index contributed by atoms with van der Waals surface area (Å²) >= 11 is 0. The molecule has 5 nitrogen and oxygen atoms in total. The Morgan fingerprint density at radius 2 is 1.81 bits per heavy atom. The molecule has 0 unspecified atom stereocenters. The van der Waals surface area contributed by atoms with E-state index in [2.05, 4.69) is 4.98 Å². The number of alkyl halides is 3. The van der Waals surface area contributed by atoms with Crippen LogP contribution in [-0.4, -0.2) is 30.3 Å². The van der Waals surface area contributed by atoms with Crippen LogP contribution in [0.3, 0.4) is 0 Å². The number of aryl methyl sites for hydroxylation is 1. The van der Waals surface area contributed by atoms with Crippen molar-refractivity contribution in [3.8, 4) is 11.5 Å². The van der Waals surface area contributed by atoms with Crippen molar-refractivity contribution in [3.63, 3.8) is 0 Å². The van der Waals surface area contributed by atoms with Crippen LogP contribution in [0.5, 0.6) is 11.5 Å². The third-order valence-electron chi connectivity index (χ3n) is 3.09. The average Bonchev–Trinajstić information content (AvgIpc) is 2.81. The fourth-order valence-electron chi connectivity index (χ4n) is 2.14. The van der Waals surface area contributed by atoms with Crippen molar-refractivity contribution in [1.29, 1.82) is 0 Å². The van der Waals surface area contributed by atoms with E-state index in [0.29, 0.717) is 30.0 Å². The Balaban J connectivity index is 2.68. The summed E-state index contributed by atoms with van der Waals surface area (Å²) in [5.74, 6) is -0.254. The van der Waals surface area contributed by atoms with E-state index in [4.69, 9.17) is 15.2 Å². The highest BCUT2D eigenvalue weighted by molar-refractivity contribution is 5.80. The third kappa shape index (κ3) is 2.90. The molecule has 1 aromatic carbocycles. The van der Waals surface area contributed by atoms with E-state index in [0.717, 1.165) is 4.57 Å². The first-order valence-electron chi connectivity index (χ1n) is 6.32. The minimum Gasteiger partial charge on any atom is -0.493 e. The molecule has 0 fully saturated rings. The number of halogens is 3. The molecule has 1 aromatic heterocycles. The summed E-state index contributed by atoms with van der Waals surface area (Å²) in [4.78, 5) is 3.68. The molecule has 0 spiro atoms. The van der Waals surface area contributed by atoms with E-state index in [1.165, 1.54) is 26.4 Å². The van der Waals surface area contributed by atoms with Crippen LogP contribution in [0.15, 0.2) is 12.1 Å². The predicted molar refractivity (Wildman–Crippen MR) is 71.5 cm³/mol. The lowest BCUT2D eigenvalue weighted by Gasteiger charge is -2.11. The zero-order chi connectivity index (χ0) is 15.6. The average molecular weight is 303 g/mol. The number of ether oxygens (including phenoxy) is 2. The van der Waals surface area contributed by atoms with Gasteiger partial charge < -0.3 is 19.8 Å². The number of hydrogen-bond acceptors (Lipinski definition) is 4. The largest absolute Gasteiger partial charge is 0.493 e. The fraction of sp³-hybridized carbons (Fsp3) is 0.462.